The number of halogens is 1. The van der Waals surface area contributed by atoms with E-state index < -0.39 is 0 Å². The molecule has 1 aliphatic rings. The molecule has 1 heterocycles. The maximum absolute atomic E-state index is 6.26. The molecule has 0 fully saturated rings. The zero-order chi connectivity index (χ0) is 13.0. The highest BCUT2D eigenvalue weighted by molar-refractivity contribution is 7.97. The van der Waals surface area contributed by atoms with Crippen molar-refractivity contribution in [1.29, 1.82) is 0 Å². The molecule has 18 heavy (non-hydrogen) atoms. The summed E-state index contributed by atoms with van der Waals surface area (Å²) in [6, 6.07) is 8.26. The third-order valence-electron chi connectivity index (χ3n) is 2.77. The zero-order valence-electron chi connectivity index (χ0n) is 10.4. The monoisotopic (exact) mass is 285 g/mol. The average molecular weight is 286 g/mol. The first-order valence-corrected chi connectivity index (χ1v) is 6.97. The van der Waals surface area contributed by atoms with Gasteiger partial charge in [0.05, 0.1) is 12.3 Å². The third-order valence-corrected chi connectivity index (χ3v) is 4.25. The van der Waals surface area contributed by atoms with Crippen LogP contribution in [0.1, 0.15) is 11.1 Å². The molecule has 0 saturated carbocycles. The minimum Gasteiger partial charge on any atom is -0.355 e. The van der Waals surface area contributed by atoms with Gasteiger partial charge in [0, 0.05) is 14.2 Å². The van der Waals surface area contributed by atoms with Crippen molar-refractivity contribution in [2.24, 2.45) is 0 Å². The van der Waals surface area contributed by atoms with E-state index in [4.69, 9.17) is 21.1 Å². The summed E-state index contributed by atoms with van der Waals surface area (Å²) >= 11 is 7.87. The number of hydrogen-bond donors (Lipinski definition) is 0. The lowest BCUT2D eigenvalue weighted by Gasteiger charge is -2.28. The number of methoxy groups -OCH3 is 2. The summed E-state index contributed by atoms with van der Waals surface area (Å²) in [5, 5.41) is 0.740. The molecule has 0 spiro atoms. The molecule has 0 aromatic heterocycles. The lowest BCUT2D eigenvalue weighted by atomic mass is 10.1. The van der Waals surface area contributed by atoms with Crippen molar-refractivity contribution in [3.63, 3.8) is 0 Å². The van der Waals surface area contributed by atoms with Crippen LogP contribution in [0.3, 0.4) is 0 Å². The molecule has 98 valence electrons. The Hall–Kier alpha value is -0.680. The number of rotatable bonds is 5. The summed E-state index contributed by atoms with van der Waals surface area (Å²) in [5.74, 6) is 0.708. The predicted molar refractivity (Wildman–Crippen MR) is 76.1 cm³/mol. The number of fused-ring (bicyclic) bond motifs is 1. The number of nitrogens with zero attached hydrogens (tertiary/aromatic N) is 1. The van der Waals surface area contributed by atoms with Crippen molar-refractivity contribution in [3.05, 3.63) is 40.5 Å². The molecule has 0 amide bonds. The summed E-state index contributed by atoms with van der Waals surface area (Å²) in [6.07, 6.45) is 1.78. The second kappa shape index (κ2) is 6.48. The van der Waals surface area contributed by atoms with Crippen LogP contribution in [0, 0.1) is 0 Å². The van der Waals surface area contributed by atoms with Gasteiger partial charge < -0.3 is 13.8 Å². The number of ether oxygens (including phenoxy) is 2. The summed E-state index contributed by atoms with van der Waals surface area (Å²) in [7, 11) is 3.27. The van der Waals surface area contributed by atoms with Gasteiger partial charge in [-0.3, -0.25) is 0 Å². The Bertz CT molecular complexity index is 435. The van der Waals surface area contributed by atoms with E-state index in [0.717, 1.165) is 11.7 Å². The van der Waals surface area contributed by atoms with Crippen LogP contribution in [-0.4, -0.2) is 30.6 Å². The molecule has 1 aliphatic heterocycles. The van der Waals surface area contributed by atoms with E-state index in [9.17, 15) is 0 Å². The van der Waals surface area contributed by atoms with Crippen LogP contribution in [-0.2, 0) is 16.0 Å². The molecule has 1 aromatic carbocycles. The minimum atomic E-state index is -0.211. The van der Waals surface area contributed by atoms with Crippen LogP contribution >= 0.6 is 23.5 Å². The van der Waals surface area contributed by atoms with Crippen LogP contribution < -0.4 is 0 Å². The second-order valence-electron chi connectivity index (χ2n) is 3.90. The fourth-order valence-electron chi connectivity index (χ4n) is 1.74. The lowest BCUT2D eigenvalue weighted by Crippen LogP contribution is -2.22. The van der Waals surface area contributed by atoms with Gasteiger partial charge in [0.1, 0.15) is 5.16 Å². The van der Waals surface area contributed by atoms with E-state index in [-0.39, 0.29) is 6.29 Å². The molecule has 0 bridgehead atoms. The van der Waals surface area contributed by atoms with Crippen molar-refractivity contribution in [2.45, 2.75) is 12.8 Å². The molecule has 1 aromatic rings. The molecule has 0 N–H and O–H groups in total. The first-order chi connectivity index (χ1) is 8.74. The van der Waals surface area contributed by atoms with Crippen LogP contribution in [0.25, 0.3) is 6.08 Å². The van der Waals surface area contributed by atoms with E-state index in [1.165, 1.54) is 11.1 Å². The van der Waals surface area contributed by atoms with E-state index in [2.05, 4.69) is 16.4 Å². The highest BCUT2D eigenvalue weighted by Gasteiger charge is 2.18. The van der Waals surface area contributed by atoms with Gasteiger partial charge in [0.2, 0.25) is 0 Å². The Morgan fingerprint density at radius 1 is 1.33 bits per heavy atom. The van der Waals surface area contributed by atoms with E-state index in [1.54, 1.807) is 26.2 Å². The van der Waals surface area contributed by atoms with Gasteiger partial charge in [-0.15, -0.1) is 0 Å². The van der Waals surface area contributed by atoms with Gasteiger partial charge in [0.15, 0.2) is 6.29 Å². The minimum absolute atomic E-state index is 0.211. The number of benzene rings is 1. The van der Waals surface area contributed by atoms with Crippen molar-refractivity contribution in [3.8, 4) is 0 Å². The average Bonchev–Trinajstić information content (AvgIpc) is 2.40. The van der Waals surface area contributed by atoms with Crippen molar-refractivity contribution >= 4 is 29.6 Å². The molecule has 0 saturated heterocycles. The summed E-state index contributed by atoms with van der Waals surface area (Å²) < 4.78 is 12.4. The first-order valence-electron chi connectivity index (χ1n) is 5.65. The summed E-state index contributed by atoms with van der Waals surface area (Å²) in [5.41, 5.74) is 2.47. The summed E-state index contributed by atoms with van der Waals surface area (Å²) in [4.78, 5) is 0. The van der Waals surface area contributed by atoms with Crippen molar-refractivity contribution < 1.29 is 9.47 Å². The molecule has 2 rings (SSSR count). The van der Waals surface area contributed by atoms with Gasteiger partial charge in [0.25, 0.3) is 0 Å². The molecule has 0 radical (unpaired) electrons. The fraction of sp³-hybridized carbons (Fsp3) is 0.385. The first kappa shape index (κ1) is 13.7. The molecule has 0 aliphatic carbocycles. The Kier molecular flexibility index (Phi) is 4.95. The maximum Gasteiger partial charge on any atom is 0.167 e. The van der Waals surface area contributed by atoms with Crippen molar-refractivity contribution in [2.75, 3.05) is 20.0 Å². The Balaban J connectivity index is 2.01. The highest BCUT2D eigenvalue weighted by atomic mass is 35.5. The molecule has 0 atom stereocenters. The van der Waals surface area contributed by atoms with E-state index in [0.29, 0.717) is 5.75 Å². The van der Waals surface area contributed by atoms with Crippen molar-refractivity contribution in [1.82, 2.24) is 4.31 Å². The van der Waals surface area contributed by atoms with Crippen LogP contribution in [0.15, 0.2) is 29.4 Å². The lowest BCUT2D eigenvalue weighted by molar-refractivity contribution is -0.0844. The van der Waals surface area contributed by atoms with Crippen LogP contribution in [0.4, 0.5) is 0 Å². The Morgan fingerprint density at radius 2 is 2.06 bits per heavy atom. The fourth-order valence-corrected chi connectivity index (χ4v) is 3.04. The maximum atomic E-state index is 6.26. The van der Waals surface area contributed by atoms with Crippen LogP contribution in [0.2, 0.25) is 0 Å². The third kappa shape index (κ3) is 3.20. The highest BCUT2D eigenvalue weighted by Crippen LogP contribution is 2.32. The van der Waals surface area contributed by atoms with E-state index in [1.807, 2.05) is 18.2 Å². The van der Waals surface area contributed by atoms with Gasteiger partial charge in [-0.05, 0) is 29.2 Å². The molecule has 0 unspecified atom stereocenters. The second-order valence-corrected chi connectivity index (χ2v) is 5.32. The van der Waals surface area contributed by atoms with Gasteiger partial charge >= 0.3 is 0 Å². The molecular formula is C13H16ClNO2S. The van der Waals surface area contributed by atoms with Gasteiger partial charge in [-0.2, -0.15) is 0 Å². The molecule has 5 heteroatoms. The van der Waals surface area contributed by atoms with Crippen LogP contribution in [0.5, 0.6) is 0 Å². The quantitative estimate of drug-likeness (QED) is 0.470. The predicted octanol–water partition coefficient (Wildman–Crippen LogP) is 3.31. The van der Waals surface area contributed by atoms with Gasteiger partial charge in [-0.1, -0.05) is 35.9 Å². The standard InChI is InChI=1S/C13H16ClNO2S/c1-16-13(17-2)9-18-15-8-11-6-4-3-5-10(11)7-12(15)14/h3-7,13H,8-9H2,1-2H3. The Morgan fingerprint density at radius 3 is 2.78 bits per heavy atom. The largest absolute Gasteiger partial charge is 0.355 e. The number of hydrogen-bond acceptors (Lipinski definition) is 4. The van der Waals surface area contributed by atoms with Gasteiger partial charge in [-0.25, -0.2) is 0 Å². The van der Waals surface area contributed by atoms with E-state index >= 15 is 0 Å². The Labute approximate surface area is 117 Å². The normalized spacial score (nSPS) is 14.7. The SMILES string of the molecule is COC(CSN1Cc2ccccc2C=C1Cl)OC. The summed E-state index contributed by atoms with van der Waals surface area (Å²) in [6.45, 7) is 0.802. The topological polar surface area (TPSA) is 21.7 Å². The molecular weight excluding hydrogens is 270 g/mol. The zero-order valence-corrected chi connectivity index (χ0v) is 12.0. The smallest absolute Gasteiger partial charge is 0.167 e. The molecule has 3 nitrogen and oxygen atoms in total.